The maximum atomic E-state index is 10.9. The molecule has 2 aliphatic rings. The Labute approximate surface area is 204 Å². The highest BCUT2D eigenvalue weighted by Crippen LogP contribution is 2.47. The lowest BCUT2D eigenvalue weighted by atomic mass is 9.76. The van der Waals surface area contributed by atoms with E-state index in [-0.39, 0.29) is 18.4 Å². The van der Waals surface area contributed by atoms with Gasteiger partial charge < -0.3 is 14.9 Å². The summed E-state index contributed by atoms with van der Waals surface area (Å²) in [6.45, 7) is 4.42. The molecule has 3 unspecified atom stereocenters. The van der Waals surface area contributed by atoms with E-state index in [9.17, 15) is 9.90 Å². The summed E-state index contributed by atoms with van der Waals surface area (Å²) < 4.78 is 6.25. The number of carbonyl (C=O) groups is 1. The van der Waals surface area contributed by atoms with Crippen molar-refractivity contribution in [3.8, 4) is 0 Å². The average Bonchev–Trinajstić information content (AvgIpc) is 3.42. The number of rotatable bonds is 15. The van der Waals surface area contributed by atoms with Crippen LogP contribution in [0.15, 0.2) is 42.5 Å². The van der Waals surface area contributed by atoms with Crippen LogP contribution in [0, 0.1) is 17.8 Å². The zero-order chi connectivity index (χ0) is 23.6. The van der Waals surface area contributed by atoms with Crippen molar-refractivity contribution in [2.75, 3.05) is 11.5 Å². The van der Waals surface area contributed by atoms with Crippen LogP contribution < -0.4 is 0 Å². The number of aliphatic hydroxyl groups is 1. The molecule has 2 aliphatic heterocycles. The lowest BCUT2D eigenvalue weighted by molar-refractivity contribution is -0.137. The summed E-state index contributed by atoms with van der Waals surface area (Å²) in [4.78, 5) is 10.6. The molecule has 2 saturated heterocycles. The molecule has 0 radical (unpaired) electrons. The molecule has 0 aromatic heterocycles. The minimum Gasteiger partial charge on any atom is -0.481 e. The number of fused-ring (bicyclic) bond motifs is 2. The number of unbranched alkanes of at least 4 members (excludes halogenated alkanes) is 1. The first-order valence-electron chi connectivity index (χ1n) is 12.8. The van der Waals surface area contributed by atoms with E-state index in [2.05, 4.69) is 50.3 Å². The van der Waals surface area contributed by atoms with Crippen LogP contribution in [0.3, 0.4) is 0 Å². The number of ether oxygens (including phenoxy) is 1. The van der Waals surface area contributed by atoms with Crippen molar-refractivity contribution >= 4 is 17.7 Å². The summed E-state index contributed by atoms with van der Waals surface area (Å²) in [7, 11) is 0. The summed E-state index contributed by atoms with van der Waals surface area (Å²) in [6.07, 6.45) is 12.3. The number of hydrogen-bond donors (Lipinski definition) is 2. The smallest absolute Gasteiger partial charge is 0.303 e. The Kier molecular flexibility index (Phi) is 10.8. The first-order valence-corrected chi connectivity index (χ1v) is 14.0. The Bertz CT molecular complexity index is 737. The van der Waals surface area contributed by atoms with E-state index in [4.69, 9.17) is 9.84 Å². The fourth-order valence-electron chi connectivity index (χ4n) is 5.85. The molecule has 4 nitrogen and oxygen atoms in total. The Morgan fingerprint density at radius 1 is 1.18 bits per heavy atom. The number of allylic oxidation sites excluding steroid dienone is 2. The van der Waals surface area contributed by atoms with Gasteiger partial charge in [0.25, 0.3) is 0 Å². The van der Waals surface area contributed by atoms with Crippen LogP contribution in [-0.4, -0.2) is 46.0 Å². The van der Waals surface area contributed by atoms with Gasteiger partial charge in [0, 0.05) is 12.2 Å². The van der Waals surface area contributed by atoms with Crippen molar-refractivity contribution in [2.24, 2.45) is 17.8 Å². The van der Waals surface area contributed by atoms with Gasteiger partial charge in [0.05, 0.1) is 18.3 Å². The maximum Gasteiger partial charge on any atom is 0.303 e. The van der Waals surface area contributed by atoms with Crippen LogP contribution in [-0.2, 0) is 9.53 Å². The highest BCUT2D eigenvalue weighted by molar-refractivity contribution is 7.99. The van der Waals surface area contributed by atoms with Gasteiger partial charge in [-0.25, -0.2) is 0 Å². The van der Waals surface area contributed by atoms with Gasteiger partial charge in [0.15, 0.2) is 0 Å². The van der Waals surface area contributed by atoms with Gasteiger partial charge >= 0.3 is 5.97 Å². The minimum absolute atomic E-state index is 0.246. The molecule has 184 valence electrons. The minimum atomic E-state index is -0.715. The van der Waals surface area contributed by atoms with Crippen LogP contribution in [0.2, 0.25) is 0 Å². The summed E-state index contributed by atoms with van der Waals surface area (Å²) in [5.74, 6) is 3.00. The Hall–Kier alpha value is -1.30. The summed E-state index contributed by atoms with van der Waals surface area (Å²) in [6, 6.07) is 10.6. The zero-order valence-electron chi connectivity index (χ0n) is 20.3. The highest BCUT2D eigenvalue weighted by Gasteiger charge is 2.47. The first kappa shape index (κ1) is 26.3. The SMILES string of the molecule is CCC(C(O)CSCC[C@H]1[C@@H](CC=CCCCC(=O)O)[C@H]2CC[C@@H]1O2)C(C)c1ccccc1. The fourth-order valence-corrected chi connectivity index (χ4v) is 6.94. The molecule has 5 heteroatoms. The first-order chi connectivity index (χ1) is 16.0. The number of carboxylic acid groups (broad SMARTS) is 1. The maximum absolute atomic E-state index is 10.9. The molecule has 33 heavy (non-hydrogen) atoms. The van der Waals surface area contributed by atoms with Crippen molar-refractivity contribution in [1.82, 2.24) is 0 Å². The van der Waals surface area contributed by atoms with Gasteiger partial charge in [-0.1, -0.05) is 62.8 Å². The van der Waals surface area contributed by atoms with Crippen LogP contribution in [0.25, 0.3) is 0 Å². The van der Waals surface area contributed by atoms with Crippen molar-refractivity contribution < 1.29 is 19.7 Å². The molecule has 2 bridgehead atoms. The third-order valence-electron chi connectivity index (χ3n) is 7.74. The van der Waals surface area contributed by atoms with Gasteiger partial charge in [-0.05, 0) is 73.5 Å². The van der Waals surface area contributed by atoms with Crippen molar-refractivity contribution in [2.45, 2.75) is 89.4 Å². The number of thioether (sulfide) groups is 1. The molecular formula is C28H42O4S. The molecule has 0 aliphatic carbocycles. The molecule has 2 heterocycles. The predicted octanol–water partition coefficient (Wildman–Crippen LogP) is 6.30. The highest BCUT2D eigenvalue weighted by atomic mass is 32.2. The lowest BCUT2D eigenvalue weighted by Crippen LogP contribution is -2.28. The summed E-state index contributed by atoms with van der Waals surface area (Å²) in [5.41, 5.74) is 1.31. The second-order valence-electron chi connectivity index (χ2n) is 9.81. The van der Waals surface area contributed by atoms with Crippen LogP contribution in [0.5, 0.6) is 0 Å². The van der Waals surface area contributed by atoms with Crippen molar-refractivity contribution in [3.05, 3.63) is 48.0 Å². The van der Waals surface area contributed by atoms with Gasteiger partial charge in [0.1, 0.15) is 0 Å². The number of aliphatic hydroxyl groups excluding tert-OH is 1. The molecule has 7 atom stereocenters. The Morgan fingerprint density at radius 2 is 1.91 bits per heavy atom. The summed E-state index contributed by atoms with van der Waals surface area (Å²) >= 11 is 1.89. The second-order valence-corrected chi connectivity index (χ2v) is 11.0. The molecule has 3 rings (SSSR count). The van der Waals surface area contributed by atoms with Gasteiger partial charge in [-0.2, -0.15) is 11.8 Å². The number of carboxylic acids is 1. The van der Waals surface area contributed by atoms with Crippen molar-refractivity contribution in [1.29, 1.82) is 0 Å². The van der Waals surface area contributed by atoms with E-state index >= 15 is 0 Å². The molecule has 2 fully saturated rings. The average molecular weight is 475 g/mol. The molecule has 0 spiro atoms. The second kappa shape index (κ2) is 13.6. The molecule has 2 N–H and O–H groups in total. The van der Waals surface area contributed by atoms with Crippen molar-refractivity contribution in [3.63, 3.8) is 0 Å². The van der Waals surface area contributed by atoms with E-state index in [1.807, 2.05) is 17.8 Å². The Balaban J connectivity index is 1.41. The number of hydrogen-bond acceptors (Lipinski definition) is 4. The van der Waals surface area contributed by atoms with Crippen LogP contribution in [0.4, 0.5) is 0 Å². The monoisotopic (exact) mass is 474 g/mol. The number of benzene rings is 1. The Morgan fingerprint density at radius 3 is 2.61 bits per heavy atom. The quantitative estimate of drug-likeness (QED) is 0.231. The van der Waals surface area contributed by atoms with E-state index < -0.39 is 5.97 Å². The van der Waals surface area contributed by atoms with Gasteiger partial charge in [0.2, 0.25) is 0 Å². The zero-order valence-corrected chi connectivity index (χ0v) is 21.1. The third-order valence-corrected chi connectivity index (χ3v) is 8.85. The topological polar surface area (TPSA) is 66.8 Å². The van der Waals surface area contributed by atoms with E-state index in [0.29, 0.717) is 36.4 Å². The molecule has 1 aromatic rings. The van der Waals surface area contributed by atoms with E-state index in [1.165, 1.54) is 18.4 Å². The summed E-state index contributed by atoms with van der Waals surface area (Å²) in [5, 5.41) is 19.7. The van der Waals surface area contributed by atoms with E-state index in [0.717, 1.165) is 37.2 Å². The normalized spacial score (nSPS) is 27.1. The van der Waals surface area contributed by atoms with Crippen LogP contribution >= 0.6 is 11.8 Å². The third kappa shape index (κ3) is 7.60. The molecule has 1 aromatic carbocycles. The molecule has 0 saturated carbocycles. The number of aliphatic carboxylic acids is 1. The predicted molar refractivity (Wildman–Crippen MR) is 137 cm³/mol. The van der Waals surface area contributed by atoms with Gasteiger partial charge in [-0.15, -0.1) is 0 Å². The molecular weight excluding hydrogens is 432 g/mol. The fraction of sp³-hybridized carbons (Fsp3) is 0.679. The van der Waals surface area contributed by atoms with Gasteiger partial charge in [-0.3, -0.25) is 4.79 Å². The standard InChI is InChI=1S/C28H42O4S/c1-3-22(20(2)21-11-7-6-8-12-21)25(29)19-33-18-17-24-23(26-15-16-27(24)32-26)13-9-4-5-10-14-28(30)31/h4,6-9,11-12,20,22-27,29H,3,5,10,13-19H2,1-2H3,(H,30,31)/t20?,22?,23-,24+,25?,26-,27+/m1/s1. The van der Waals surface area contributed by atoms with Crippen LogP contribution in [0.1, 0.15) is 76.7 Å². The molecule has 0 amide bonds. The van der Waals surface area contributed by atoms with E-state index in [1.54, 1.807) is 0 Å². The lowest BCUT2D eigenvalue weighted by Gasteiger charge is -2.29. The largest absolute Gasteiger partial charge is 0.481 e.